The highest BCUT2D eigenvalue weighted by atomic mass is 15.2. The number of hydrogen-bond donors (Lipinski definition) is 0. The van der Waals surface area contributed by atoms with Gasteiger partial charge in [0.1, 0.15) is 0 Å². The van der Waals surface area contributed by atoms with Crippen molar-refractivity contribution >= 4 is 65.3 Å². The van der Waals surface area contributed by atoms with Crippen LogP contribution in [0.25, 0.3) is 110 Å². The summed E-state index contributed by atoms with van der Waals surface area (Å²) in [6.45, 7) is 0. The lowest BCUT2D eigenvalue weighted by Gasteiger charge is -2.13. The summed E-state index contributed by atoms with van der Waals surface area (Å²) in [5, 5.41) is 8.52. The predicted molar refractivity (Wildman–Crippen MR) is 216 cm³/mol. The summed E-state index contributed by atoms with van der Waals surface area (Å²) in [4.78, 5) is 10.5. The Bertz CT molecular complexity index is 3290. The average Bonchev–Trinajstić information content (AvgIpc) is 3.84. The highest BCUT2D eigenvalue weighted by Gasteiger charge is 2.25. The zero-order valence-corrected chi connectivity index (χ0v) is 28.0. The summed E-state index contributed by atoms with van der Waals surface area (Å²) in [7, 11) is 0. The van der Waals surface area contributed by atoms with E-state index in [0.29, 0.717) is 5.95 Å². The normalized spacial score (nSPS) is 12.2. The van der Waals surface area contributed by atoms with Crippen LogP contribution in [0.4, 0.5) is 0 Å². The number of rotatable bonds is 3. The molecule has 11 aromatic rings. The van der Waals surface area contributed by atoms with Crippen molar-refractivity contribution in [3.8, 4) is 45.1 Å². The molecule has 0 spiro atoms. The Morgan fingerprint density at radius 2 is 1.00 bits per heavy atom. The van der Waals surface area contributed by atoms with Crippen molar-refractivity contribution in [3.05, 3.63) is 170 Å². The quantitative estimate of drug-likeness (QED) is 0.189. The van der Waals surface area contributed by atoms with E-state index in [0.717, 1.165) is 38.9 Å². The van der Waals surface area contributed by atoms with E-state index in [4.69, 9.17) is 9.97 Å². The van der Waals surface area contributed by atoms with Crippen molar-refractivity contribution in [2.75, 3.05) is 0 Å². The molecule has 0 amide bonds. The fraction of sp³-hybridized carbons (Fsp3) is 0. The van der Waals surface area contributed by atoms with Crippen LogP contribution in [0.2, 0.25) is 0 Å². The van der Waals surface area contributed by atoms with Crippen LogP contribution in [-0.2, 0) is 0 Å². The Labute approximate surface area is 298 Å². The molecule has 0 atom stereocenters. The van der Waals surface area contributed by atoms with E-state index in [-0.39, 0.29) is 0 Å². The van der Waals surface area contributed by atoms with Crippen LogP contribution < -0.4 is 0 Å². The second kappa shape index (κ2) is 10.3. The molecular formula is C48H28N4. The van der Waals surface area contributed by atoms with Gasteiger partial charge in [-0.3, -0.25) is 4.57 Å². The molecule has 4 heteroatoms. The van der Waals surface area contributed by atoms with Gasteiger partial charge in [-0.15, -0.1) is 0 Å². The topological polar surface area (TPSA) is 35.6 Å². The second-order valence-electron chi connectivity index (χ2n) is 13.8. The summed E-state index contributed by atoms with van der Waals surface area (Å²) in [5.41, 5.74) is 13.7. The first kappa shape index (κ1) is 27.7. The standard InChI is InChI=1S/C48H28N4/c1-2-13-30(14-3-1)51-42-24-11-9-20-37(42)45-34-18-6-4-16-32(34)38(28-44(45)51)29-25-26-43-39(27-29)33-17-8-10-23-41(33)52(43)48-49-40-22-12-21-35-31-15-5-7-19-36(31)47(50-48)46(35)40/h1-28H. The number of aromatic nitrogens is 4. The van der Waals surface area contributed by atoms with E-state index >= 15 is 0 Å². The molecule has 12 rings (SSSR count). The van der Waals surface area contributed by atoms with E-state index < -0.39 is 0 Å². The van der Waals surface area contributed by atoms with Crippen LogP contribution in [0.5, 0.6) is 0 Å². The Balaban J connectivity index is 1.14. The fourth-order valence-corrected chi connectivity index (χ4v) is 8.89. The lowest BCUT2D eigenvalue weighted by molar-refractivity contribution is 1.02. The van der Waals surface area contributed by atoms with Gasteiger partial charge >= 0.3 is 0 Å². The van der Waals surface area contributed by atoms with Gasteiger partial charge in [0.25, 0.3) is 0 Å². The molecule has 8 aromatic carbocycles. The highest BCUT2D eigenvalue weighted by Crippen LogP contribution is 2.47. The predicted octanol–water partition coefficient (Wildman–Crippen LogP) is 12.3. The van der Waals surface area contributed by atoms with Gasteiger partial charge in [-0.2, -0.15) is 0 Å². The Hall–Kier alpha value is -7.04. The molecule has 3 aromatic heterocycles. The van der Waals surface area contributed by atoms with Gasteiger partial charge in [0.2, 0.25) is 5.95 Å². The van der Waals surface area contributed by atoms with Crippen molar-refractivity contribution in [1.82, 2.24) is 19.1 Å². The summed E-state index contributed by atoms with van der Waals surface area (Å²) in [5.74, 6) is 0.689. The maximum Gasteiger partial charge on any atom is 0.235 e. The van der Waals surface area contributed by atoms with Crippen molar-refractivity contribution in [2.45, 2.75) is 0 Å². The highest BCUT2D eigenvalue weighted by molar-refractivity contribution is 6.24. The minimum atomic E-state index is 0.689. The number of nitrogens with zero attached hydrogens (tertiary/aromatic N) is 4. The molecule has 52 heavy (non-hydrogen) atoms. The number of para-hydroxylation sites is 3. The van der Waals surface area contributed by atoms with E-state index in [2.05, 4.69) is 179 Å². The first-order valence-corrected chi connectivity index (χ1v) is 17.8. The van der Waals surface area contributed by atoms with Gasteiger partial charge in [0, 0.05) is 38.2 Å². The molecule has 0 radical (unpaired) electrons. The molecule has 0 N–H and O–H groups in total. The largest absolute Gasteiger partial charge is 0.309 e. The monoisotopic (exact) mass is 660 g/mol. The lowest BCUT2D eigenvalue weighted by Crippen LogP contribution is -2.02. The molecule has 3 heterocycles. The second-order valence-corrected chi connectivity index (χ2v) is 13.8. The molecule has 1 aliphatic rings. The van der Waals surface area contributed by atoms with Gasteiger partial charge < -0.3 is 4.57 Å². The maximum absolute atomic E-state index is 5.32. The molecular weight excluding hydrogens is 633 g/mol. The third kappa shape index (κ3) is 3.65. The number of benzene rings is 8. The minimum absolute atomic E-state index is 0.689. The van der Waals surface area contributed by atoms with Crippen LogP contribution in [0.1, 0.15) is 0 Å². The van der Waals surface area contributed by atoms with E-state index in [1.54, 1.807) is 0 Å². The first-order chi connectivity index (χ1) is 25.8. The zero-order valence-electron chi connectivity index (χ0n) is 28.0. The van der Waals surface area contributed by atoms with Crippen molar-refractivity contribution in [1.29, 1.82) is 0 Å². The van der Waals surface area contributed by atoms with Crippen LogP contribution in [0.3, 0.4) is 0 Å². The van der Waals surface area contributed by atoms with Crippen LogP contribution >= 0.6 is 0 Å². The Morgan fingerprint density at radius 1 is 0.346 bits per heavy atom. The summed E-state index contributed by atoms with van der Waals surface area (Å²) >= 11 is 0. The molecule has 0 unspecified atom stereocenters. The fourth-order valence-electron chi connectivity index (χ4n) is 8.89. The first-order valence-electron chi connectivity index (χ1n) is 17.8. The maximum atomic E-state index is 5.32. The molecule has 4 nitrogen and oxygen atoms in total. The lowest BCUT2D eigenvalue weighted by atomic mass is 9.94. The smallest absolute Gasteiger partial charge is 0.235 e. The number of hydrogen-bond acceptors (Lipinski definition) is 2. The van der Waals surface area contributed by atoms with Gasteiger partial charge in [0.15, 0.2) is 0 Å². The Morgan fingerprint density at radius 3 is 1.85 bits per heavy atom. The third-order valence-corrected chi connectivity index (χ3v) is 11.1. The summed E-state index contributed by atoms with van der Waals surface area (Å²) < 4.78 is 4.66. The summed E-state index contributed by atoms with van der Waals surface area (Å²) in [6, 6.07) is 61.2. The average molecular weight is 661 g/mol. The Kier molecular flexibility index (Phi) is 5.47. The number of fused-ring (bicyclic) bond motifs is 11. The SMILES string of the molecule is c1ccc(-n2c3ccccc3c3c4ccccc4c(-c4ccc5c(c4)c4ccccc4n5-c4nc5c6c(cccc6n4)-c4ccccc4-5)cc32)cc1. The van der Waals surface area contributed by atoms with Gasteiger partial charge in [-0.25, -0.2) is 9.97 Å². The van der Waals surface area contributed by atoms with Gasteiger partial charge in [-0.1, -0.05) is 121 Å². The molecule has 0 bridgehead atoms. The molecule has 0 fully saturated rings. The molecule has 0 aliphatic heterocycles. The minimum Gasteiger partial charge on any atom is -0.309 e. The molecule has 1 aliphatic carbocycles. The third-order valence-electron chi connectivity index (χ3n) is 11.1. The van der Waals surface area contributed by atoms with Crippen molar-refractivity contribution in [3.63, 3.8) is 0 Å². The van der Waals surface area contributed by atoms with Gasteiger partial charge in [0.05, 0.1) is 33.3 Å². The van der Waals surface area contributed by atoms with E-state index in [1.165, 1.54) is 65.6 Å². The molecule has 0 saturated carbocycles. The van der Waals surface area contributed by atoms with E-state index in [1.807, 2.05) is 0 Å². The molecule has 0 saturated heterocycles. The van der Waals surface area contributed by atoms with Crippen LogP contribution in [-0.4, -0.2) is 19.1 Å². The van der Waals surface area contributed by atoms with Crippen LogP contribution in [0, 0.1) is 0 Å². The van der Waals surface area contributed by atoms with Crippen LogP contribution in [0.15, 0.2) is 170 Å². The molecule has 240 valence electrons. The summed E-state index contributed by atoms with van der Waals surface area (Å²) in [6.07, 6.45) is 0. The zero-order chi connectivity index (χ0) is 33.9. The van der Waals surface area contributed by atoms with Crippen molar-refractivity contribution in [2.24, 2.45) is 0 Å². The van der Waals surface area contributed by atoms with Crippen molar-refractivity contribution < 1.29 is 0 Å². The van der Waals surface area contributed by atoms with E-state index in [9.17, 15) is 0 Å². The van der Waals surface area contributed by atoms with Gasteiger partial charge in [-0.05, 0) is 81.6 Å².